The monoisotopic (exact) mass is 361 g/mol. The average molecular weight is 362 g/mol. The molecule has 0 amide bonds. The van der Waals surface area contributed by atoms with Crippen molar-refractivity contribution in [1.82, 2.24) is 0 Å². The third-order valence-electron chi connectivity index (χ3n) is 3.08. The van der Waals surface area contributed by atoms with E-state index in [0.29, 0.717) is 11.1 Å². The molecule has 2 aromatic carbocycles. The summed E-state index contributed by atoms with van der Waals surface area (Å²) in [4.78, 5) is 0. The number of rotatable bonds is 2. The molecule has 0 aromatic heterocycles. The fourth-order valence-electron chi connectivity index (χ4n) is 2.09. The van der Waals surface area contributed by atoms with Gasteiger partial charge in [-0.05, 0) is 47.9 Å². The molecule has 0 fully saturated rings. The van der Waals surface area contributed by atoms with Crippen molar-refractivity contribution in [3.05, 3.63) is 68.9 Å². The molecule has 0 heterocycles. The maximum absolute atomic E-state index is 13.4. The van der Waals surface area contributed by atoms with E-state index in [1.165, 1.54) is 24.3 Å². The summed E-state index contributed by atoms with van der Waals surface area (Å²) in [5.74, 6) is -0.464. The van der Waals surface area contributed by atoms with Crippen LogP contribution in [-0.4, -0.2) is 0 Å². The molecule has 0 saturated carbocycles. The van der Waals surface area contributed by atoms with Gasteiger partial charge in [0.15, 0.2) is 0 Å². The minimum absolute atomic E-state index is 0.0543. The zero-order valence-electron chi connectivity index (χ0n) is 11.0. The summed E-state index contributed by atoms with van der Waals surface area (Å²) in [7, 11) is 0. The highest BCUT2D eigenvalue weighted by Gasteiger charge is 2.33. The Bertz CT molecular complexity index is 647. The Balaban J connectivity index is 2.46. The third-order valence-corrected chi connectivity index (χ3v) is 3.77. The number of hydrogen-bond acceptors (Lipinski definition) is 1. The lowest BCUT2D eigenvalue weighted by atomic mass is 9.96. The van der Waals surface area contributed by atoms with E-state index in [9.17, 15) is 17.6 Å². The normalized spacial score (nSPS) is 13.3. The molecule has 21 heavy (non-hydrogen) atoms. The van der Waals surface area contributed by atoms with Crippen molar-refractivity contribution in [3.8, 4) is 0 Å². The molecule has 112 valence electrons. The van der Waals surface area contributed by atoms with E-state index in [1.807, 2.05) is 0 Å². The van der Waals surface area contributed by atoms with E-state index in [0.717, 1.165) is 6.07 Å². The summed E-state index contributed by atoms with van der Waals surface area (Å²) in [6.45, 7) is 1.70. The lowest BCUT2D eigenvalue weighted by Gasteiger charge is -2.17. The molecule has 0 aliphatic rings. The first-order chi connectivity index (χ1) is 9.68. The van der Waals surface area contributed by atoms with E-state index in [2.05, 4.69) is 15.9 Å². The first-order valence-electron chi connectivity index (χ1n) is 6.08. The molecule has 2 N–H and O–H groups in total. The number of hydrogen-bond donors (Lipinski definition) is 1. The van der Waals surface area contributed by atoms with Gasteiger partial charge in [0, 0.05) is 4.47 Å². The van der Waals surface area contributed by atoms with Crippen LogP contribution in [0, 0.1) is 12.7 Å². The Morgan fingerprint density at radius 2 is 1.71 bits per heavy atom. The summed E-state index contributed by atoms with van der Waals surface area (Å²) in [6.07, 6.45) is -4.48. The van der Waals surface area contributed by atoms with Gasteiger partial charge in [-0.15, -0.1) is 0 Å². The van der Waals surface area contributed by atoms with Crippen LogP contribution in [0.4, 0.5) is 17.6 Å². The van der Waals surface area contributed by atoms with Crippen molar-refractivity contribution >= 4 is 15.9 Å². The Kier molecular flexibility index (Phi) is 4.39. The van der Waals surface area contributed by atoms with Gasteiger partial charge in [-0.2, -0.15) is 13.2 Å². The molecule has 0 saturated heterocycles. The maximum Gasteiger partial charge on any atom is 0.417 e. The molecule has 1 unspecified atom stereocenters. The van der Waals surface area contributed by atoms with Crippen LogP contribution in [0.5, 0.6) is 0 Å². The smallest absolute Gasteiger partial charge is 0.320 e. The zero-order valence-corrected chi connectivity index (χ0v) is 12.6. The predicted octanol–water partition coefficient (Wildman–Crippen LogP) is 4.96. The van der Waals surface area contributed by atoms with Crippen LogP contribution in [0.25, 0.3) is 0 Å². The van der Waals surface area contributed by atoms with Crippen LogP contribution in [-0.2, 0) is 6.18 Å². The first-order valence-corrected chi connectivity index (χ1v) is 6.87. The highest BCUT2D eigenvalue weighted by atomic mass is 79.9. The average Bonchev–Trinajstić information content (AvgIpc) is 2.36. The quantitative estimate of drug-likeness (QED) is 0.751. The van der Waals surface area contributed by atoms with Crippen molar-refractivity contribution in [2.75, 3.05) is 0 Å². The SMILES string of the molecule is Cc1cc(F)cc(C(N)c2ccc(Br)c(C(F)(F)F)c2)c1. The van der Waals surface area contributed by atoms with Gasteiger partial charge in [-0.3, -0.25) is 0 Å². The lowest BCUT2D eigenvalue weighted by molar-refractivity contribution is -0.138. The number of aryl methyl sites for hydroxylation is 1. The van der Waals surface area contributed by atoms with Gasteiger partial charge in [0.25, 0.3) is 0 Å². The molecule has 2 rings (SSSR count). The maximum atomic E-state index is 13.4. The summed E-state index contributed by atoms with van der Waals surface area (Å²) in [5.41, 5.74) is 6.53. The fraction of sp³-hybridized carbons (Fsp3) is 0.200. The Morgan fingerprint density at radius 3 is 2.29 bits per heavy atom. The zero-order chi connectivity index (χ0) is 15.8. The summed E-state index contributed by atoms with van der Waals surface area (Å²) in [5, 5.41) is 0. The summed E-state index contributed by atoms with van der Waals surface area (Å²) in [6, 6.07) is 7.16. The first kappa shape index (κ1) is 16.0. The summed E-state index contributed by atoms with van der Waals surface area (Å²) >= 11 is 2.87. The van der Waals surface area contributed by atoms with Crippen LogP contribution >= 0.6 is 15.9 Å². The number of halogens is 5. The summed E-state index contributed by atoms with van der Waals surface area (Å²) < 4.78 is 52.0. The van der Waals surface area contributed by atoms with E-state index in [-0.39, 0.29) is 10.0 Å². The van der Waals surface area contributed by atoms with Gasteiger partial charge in [0.2, 0.25) is 0 Å². The fourth-order valence-corrected chi connectivity index (χ4v) is 2.56. The van der Waals surface area contributed by atoms with Crippen molar-refractivity contribution in [2.45, 2.75) is 19.1 Å². The molecular weight excluding hydrogens is 350 g/mol. The minimum Gasteiger partial charge on any atom is -0.320 e. The van der Waals surface area contributed by atoms with Gasteiger partial charge in [0.05, 0.1) is 11.6 Å². The van der Waals surface area contributed by atoms with Crippen LogP contribution in [0.15, 0.2) is 40.9 Å². The Labute approximate surface area is 127 Å². The highest BCUT2D eigenvalue weighted by molar-refractivity contribution is 9.10. The molecule has 0 radical (unpaired) electrons. The number of benzene rings is 2. The van der Waals surface area contributed by atoms with Gasteiger partial charge in [0.1, 0.15) is 5.82 Å². The second kappa shape index (κ2) is 5.77. The largest absolute Gasteiger partial charge is 0.417 e. The van der Waals surface area contributed by atoms with Crippen LogP contribution in [0.2, 0.25) is 0 Å². The van der Waals surface area contributed by atoms with Crippen LogP contribution < -0.4 is 5.73 Å². The molecule has 2 aromatic rings. The van der Waals surface area contributed by atoms with Crippen LogP contribution in [0.3, 0.4) is 0 Å². The van der Waals surface area contributed by atoms with E-state index in [1.54, 1.807) is 13.0 Å². The number of alkyl halides is 3. The third kappa shape index (κ3) is 3.63. The molecule has 1 atom stereocenters. The molecular formula is C15H12BrF4N. The Hall–Kier alpha value is -1.40. The molecule has 0 aliphatic carbocycles. The minimum atomic E-state index is -4.48. The van der Waals surface area contributed by atoms with Gasteiger partial charge < -0.3 is 5.73 Å². The Morgan fingerprint density at radius 1 is 1.05 bits per heavy atom. The van der Waals surface area contributed by atoms with Gasteiger partial charge in [-0.25, -0.2) is 4.39 Å². The molecule has 6 heteroatoms. The molecule has 1 nitrogen and oxygen atoms in total. The van der Waals surface area contributed by atoms with Crippen molar-refractivity contribution in [3.63, 3.8) is 0 Å². The number of nitrogens with two attached hydrogens (primary N) is 1. The highest BCUT2D eigenvalue weighted by Crippen LogP contribution is 2.36. The van der Waals surface area contributed by atoms with Crippen molar-refractivity contribution in [1.29, 1.82) is 0 Å². The predicted molar refractivity (Wildman–Crippen MR) is 76.3 cm³/mol. The second-order valence-electron chi connectivity index (χ2n) is 4.78. The lowest BCUT2D eigenvalue weighted by Crippen LogP contribution is -2.14. The van der Waals surface area contributed by atoms with E-state index < -0.39 is 23.6 Å². The molecule has 0 bridgehead atoms. The van der Waals surface area contributed by atoms with Gasteiger partial charge >= 0.3 is 6.18 Å². The van der Waals surface area contributed by atoms with Gasteiger partial charge in [-0.1, -0.05) is 28.1 Å². The standard InChI is InChI=1S/C15H12BrF4N/c1-8-4-10(6-11(17)5-8)14(21)9-2-3-13(16)12(7-9)15(18,19)20/h2-7,14H,21H2,1H3. The van der Waals surface area contributed by atoms with Crippen LogP contribution in [0.1, 0.15) is 28.3 Å². The topological polar surface area (TPSA) is 26.0 Å². The second-order valence-corrected chi connectivity index (χ2v) is 5.63. The molecule has 0 spiro atoms. The van der Waals surface area contributed by atoms with E-state index >= 15 is 0 Å². The van der Waals surface area contributed by atoms with E-state index in [4.69, 9.17) is 5.73 Å². The van der Waals surface area contributed by atoms with Crippen molar-refractivity contribution < 1.29 is 17.6 Å². The van der Waals surface area contributed by atoms with Crippen molar-refractivity contribution in [2.24, 2.45) is 5.73 Å². The molecule has 0 aliphatic heterocycles.